The molecule has 0 spiro atoms. The van der Waals surface area contributed by atoms with Gasteiger partial charge in [0.05, 0.1) is 0 Å². The lowest BCUT2D eigenvalue weighted by Gasteiger charge is -2.05. The second-order valence-electron chi connectivity index (χ2n) is 3.96. The van der Waals surface area contributed by atoms with Crippen molar-refractivity contribution in [2.45, 2.75) is 12.8 Å². The van der Waals surface area contributed by atoms with Gasteiger partial charge < -0.3 is 10.4 Å². The van der Waals surface area contributed by atoms with Crippen molar-refractivity contribution in [2.24, 2.45) is 0 Å². The fourth-order valence-electron chi connectivity index (χ4n) is 1.61. The number of aromatic hydroxyl groups is 1. The van der Waals surface area contributed by atoms with Crippen LogP contribution in [0.3, 0.4) is 0 Å². The second kappa shape index (κ2) is 5.82. The molecule has 0 bridgehead atoms. The van der Waals surface area contributed by atoms with Gasteiger partial charge in [0.15, 0.2) is 0 Å². The van der Waals surface area contributed by atoms with Crippen molar-refractivity contribution in [1.29, 1.82) is 0 Å². The number of carbonyl (C=O) groups is 1. The summed E-state index contributed by atoms with van der Waals surface area (Å²) in [6, 6.07) is 10.3. The molecule has 0 unspecified atom stereocenters. The molecule has 0 aliphatic heterocycles. The minimum Gasteiger partial charge on any atom is -0.508 e. The van der Waals surface area contributed by atoms with Crippen LogP contribution in [0.4, 0.5) is 5.69 Å². The van der Waals surface area contributed by atoms with Crippen molar-refractivity contribution in [3.8, 4) is 5.75 Å². The third kappa shape index (κ3) is 3.59. The molecule has 0 saturated carbocycles. The summed E-state index contributed by atoms with van der Waals surface area (Å²) in [5.41, 5.74) is 1.63. The number of rotatable bonds is 4. The predicted octanol–water partition coefficient (Wildman–Crippen LogP) is 2.36. The first-order valence-electron chi connectivity index (χ1n) is 5.72. The zero-order valence-electron chi connectivity index (χ0n) is 9.84. The Balaban J connectivity index is 1.86. The molecule has 1 heterocycles. The van der Waals surface area contributed by atoms with E-state index in [4.69, 9.17) is 0 Å². The van der Waals surface area contributed by atoms with Gasteiger partial charge in [-0.1, -0.05) is 12.1 Å². The fourth-order valence-corrected chi connectivity index (χ4v) is 1.61. The largest absolute Gasteiger partial charge is 0.508 e. The number of amides is 1. The number of hydrogen-bond donors (Lipinski definition) is 2. The first kappa shape index (κ1) is 12.1. The maximum absolute atomic E-state index is 11.7. The molecule has 18 heavy (non-hydrogen) atoms. The van der Waals surface area contributed by atoms with E-state index in [0.29, 0.717) is 18.5 Å². The van der Waals surface area contributed by atoms with Crippen molar-refractivity contribution in [3.05, 3.63) is 54.4 Å². The fraction of sp³-hybridized carbons (Fsp3) is 0.143. The minimum atomic E-state index is -0.0792. The number of hydrogen-bond acceptors (Lipinski definition) is 3. The van der Waals surface area contributed by atoms with Crippen molar-refractivity contribution in [1.82, 2.24) is 4.98 Å². The van der Waals surface area contributed by atoms with E-state index in [1.54, 1.807) is 30.6 Å². The van der Waals surface area contributed by atoms with Crippen LogP contribution in [0.25, 0.3) is 0 Å². The Kier molecular flexibility index (Phi) is 3.91. The van der Waals surface area contributed by atoms with E-state index in [9.17, 15) is 9.90 Å². The second-order valence-corrected chi connectivity index (χ2v) is 3.96. The van der Waals surface area contributed by atoms with Gasteiger partial charge in [-0.15, -0.1) is 0 Å². The summed E-state index contributed by atoms with van der Waals surface area (Å²) in [6.45, 7) is 0. The molecule has 1 aromatic carbocycles. The van der Waals surface area contributed by atoms with Gasteiger partial charge in [-0.25, -0.2) is 0 Å². The number of phenols is 1. The lowest BCUT2D eigenvalue weighted by Crippen LogP contribution is -2.12. The number of nitrogens with zero attached hydrogens (tertiary/aromatic N) is 1. The molecule has 0 radical (unpaired) electrons. The molecule has 2 N–H and O–H groups in total. The van der Waals surface area contributed by atoms with Gasteiger partial charge in [-0.05, 0) is 30.2 Å². The van der Waals surface area contributed by atoms with Gasteiger partial charge in [0.25, 0.3) is 0 Å². The van der Waals surface area contributed by atoms with E-state index in [1.807, 2.05) is 12.1 Å². The highest BCUT2D eigenvalue weighted by Crippen LogP contribution is 2.15. The highest BCUT2D eigenvalue weighted by atomic mass is 16.3. The maximum atomic E-state index is 11.7. The molecule has 2 aromatic rings. The minimum absolute atomic E-state index is 0.0792. The summed E-state index contributed by atoms with van der Waals surface area (Å²) in [6.07, 6.45) is 4.50. The highest BCUT2D eigenvalue weighted by molar-refractivity contribution is 5.90. The van der Waals surface area contributed by atoms with Gasteiger partial charge in [0.2, 0.25) is 5.91 Å². The molecule has 0 saturated heterocycles. The van der Waals surface area contributed by atoms with E-state index in [1.165, 1.54) is 6.07 Å². The summed E-state index contributed by atoms with van der Waals surface area (Å²) >= 11 is 0. The summed E-state index contributed by atoms with van der Waals surface area (Å²) in [7, 11) is 0. The third-order valence-corrected chi connectivity index (χ3v) is 2.49. The van der Waals surface area contributed by atoms with Crippen LogP contribution in [0.15, 0.2) is 48.8 Å². The number of anilines is 1. The molecule has 4 nitrogen and oxygen atoms in total. The average Bonchev–Trinajstić information content (AvgIpc) is 2.38. The maximum Gasteiger partial charge on any atom is 0.224 e. The van der Waals surface area contributed by atoms with Gasteiger partial charge in [-0.3, -0.25) is 9.78 Å². The molecule has 0 fully saturated rings. The van der Waals surface area contributed by atoms with Crippen LogP contribution in [0.5, 0.6) is 5.75 Å². The Morgan fingerprint density at radius 2 is 2.17 bits per heavy atom. The number of phenolic OH excluding ortho intramolecular Hbond substituents is 1. The summed E-state index contributed by atoms with van der Waals surface area (Å²) in [5, 5.41) is 12.0. The van der Waals surface area contributed by atoms with Crippen LogP contribution in [-0.4, -0.2) is 16.0 Å². The SMILES string of the molecule is O=C(CCc1cccnc1)Nc1cccc(O)c1. The molecule has 0 atom stereocenters. The third-order valence-electron chi connectivity index (χ3n) is 2.49. The lowest BCUT2D eigenvalue weighted by molar-refractivity contribution is -0.116. The van der Waals surface area contributed by atoms with E-state index in [0.717, 1.165) is 5.56 Å². The molecule has 4 heteroatoms. The number of benzene rings is 1. The first-order valence-corrected chi connectivity index (χ1v) is 5.72. The van der Waals surface area contributed by atoms with E-state index < -0.39 is 0 Å². The molecule has 1 aromatic heterocycles. The summed E-state index contributed by atoms with van der Waals surface area (Å²) < 4.78 is 0. The number of carbonyl (C=O) groups excluding carboxylic acids is 1. The highest BCUT2D eigenvalue weighted by Gasteiger charge is 2.03. The standard InChI is InChI=1S/C14H14N2O2/c17-13-5-1-4-12(9-13)16-14(18)7-6-11-3-2-8-15-10-11/h1-5,8-10,17H,6-7H2,(H,16,18). The van der Waals surface area contributed by atoms with Gasteiger partial charge >= 0.3 is 0 Å². The average molecular weight is 242 g/mol. The molecular formula is C14H14N2O2. The van der Waals surface area contributed by atoms with Crippen LogP contribution < -0.4 is 5.32 Å². The Morgan fingerprint density at radius 1 is 1.28 bits per heavy atom. The zero-order valence-corrected chi connectivity index (χ0v) is 9.84. The summed E-state index contributed by atoms with van der Waals surface area (Å²) in [4.78, 5) is 15.7. The van der Waals surface area contributed by atoms with Gasteiger partial charge in [0, 0.05) is 30.6 Å². The molecular weight excluding hydrogens is 228 g/mol. The molecule has 1 amide bonds. The Labute approximate surface area is 105 Å². The summed E-state index contributed by atoms with van der Waals surface area (Å²) in [5.74, 6) is 0.0597. The van der Waals surface area contributed by atoms with Crippen LogP contribution in [0, 0.1) is 0 Å². The van der Waals surface area contributed by atoms with E-state index >= 15 is 0 Å². The molecule has 92 valence electrons. The number of pyridine rings is 1. The normalized spacial score (nSPS) is 10.0. The van der Waals surface area contributed by atoms with Crippen LogP contribution in [0.2, 0.25) is 0 Å². The van der Waals surface area contributed by atoms with E-state index in [-0.39, 0.29) is 11.7 Å². The van der Waals surface area contributed by atoms with E-state index in [2.05, 4.69) is 10.3 Å². The smallest absolute Gasteiger partial charge is 0.224 e. The zero-order chi connectivity index (χ0) is 12.8. The number of aromatic nitrogens is 1. The van der Waals surface area contributed by atoms with Crippen LogP contribution >= 0.6 is 0 Å². The van der Waals surface area contributed by atoms with Gasteiger partial charge in [0.1, 0.15) is 5.75 Å². The molecule has 2 rings (SSSR count). The van der Waals surface area contributed by atoms with Crippen LogP contribution in [-0.2, 0) is 11.2 Å². The number of aryl methyl sites for hydroxylation is 1. The predicted molar refractivity (Wildman–Crippen MR) is 69.3 cm³/mol. The van der Waals surface area contributed by atoms with Crippen molar-refractivity contribution in [3.63, 3.8) is 0 Å². The lowest BCUT2D eigenvalue weighted by atomic mass is 10.1. The number of nitrogens with one attached hydrogen (secondary N) is 1. The van der Waals surface area contributed by atoms with Crippen molar-refractivity contribution in [2.75, 3.05) is 5.32 Å². The first-order chi connectivity index (χ1) is 8.74. The molecule has 0 aliphatic carbocycles. The Morgan fingerprint density at radius 3 is 2.89 bits per heavy atom. The van der Waals surface area contributed by atoms with Crippen LogP contribution in [0.1, 0.15) is 12.0 Å². The van der Waals surface area contributed by atoms with Gasteiger partial charge in [-0.2, -0.15) is 0 Å². The topological polar surface area (TPSA) is 62.2 Å². The molecule has 0 aliphatic rings. The van der Waals surface area contributed by atoms with Crippen molar-refractivity contribution < 1.29 is 9.90 Å². The quantitative estimate of drug-likeness (QED) is 0.865. The monoisotopic (exact) mass is 242 g/mol. The van der Waals surface area contributed by atoms with Crippen molar-refractivity contribution >= 4 is 11.6 Å². The Hall–Kier alpha value is -2.36. The Bertz CT molecular complexity index is 526.